The molecule has 80 valence electrons. The second-order valence-electron chi connectivity index (χ2n) is 2.97. The van der Waals surface area contributed by atoms with Crippen LogP contribution in [0.1, 0.15) is 5.56 Å². The monoisotopic (exact) mass is 296 g/mol. The maximum Gasteiger partial charge on any atom is 0.387 e. The molecule has 0 radical (unpaired) electrons. The van der Waals surface area contributed by atoms with Crippen LogP contribution in [0.3, 0.4) is 0 Å². The number of anilines is 1. The number of benzene rings is 1. The quantitative estimate of drug-likeness (QED) is 0.399. The topological polar surface area (TPSA) is 31.4 Å². The molecule has 0 heterocycles. The van der Waals surface area contributed by atoms with Crippen LogP contribution in [0.5, 0.6) is 0 Å². The van der Waals surface area contributed by atoms with Gasteiger partial charge in [0.1, 0.15) is 0 Å². The Kier molecular flexibility index (Phi) is 11.9. The molecule has 0 spiro atoms. The zero-order valence-electron chi connectivity index (χ0n) is 9.04. The molecule has 0 amide bonds. The van der Waals surface area contributed by atoms with Crippen molar-refractivity contribution >= 4 is 11.4 Å². The molecule has 0 aliphatic heterocycles. The van der Waals surface area contributed by atoms with E-state index in [1.807, 2.05) is 38.1 Å². The van der Waals surface area contributed by atoms with Gasteiger partial charge in [0.2, 0.25) is 5.39 Å². The molecule has 0 bridgehead atoms. The van der Waals surface area contributed by atoms with Crippen LogP contribution in [0.15, 0.2) is 18.2 Å². The third kappa shape index (κ3) is 5.32. The van der Waals surface area contributed by atoms with E-state index in [0.29, 0.717) is 5.69 Å². The fourth-order valence-corrected chi connectivity index (χ4v) is 1.14. The van der Waals surface area contributed by atoms with Crippen LogP contribution >= 0.6 is 0 Å². The number of hydrogen-bond donors (Lipinski definition) is 0. The Balaban J connectivity index is -0.000000480. The van der Waals surface area contributed by atoms with Crippen molar-refractivity contribution in [2.24, 2.45) is 0 Å². The fraction of sp³-hybridized carbons (Fsp3) is 0.333. The molecule has 0 saturated heterocycles. The summed E-state index contributed by atoms with van der Waals surface area (Å²) in [5.41, 5.74) is 2.84. The van der Waals surface area contributed by atoms with E-state index in [0.717, 1.165) is 5.69 Å². The molecule has 0 aliphatic carbocycles. The van der Waals surface area contributed by atoms with Crippen molar-refractivity contribution in [2.75, 3.05) is 19.0 Å². The van der Waals surface area contributed by atoms with Crippen molar-refractivity contribution < 1.29 is 44.3 Å². The summed E-state index contributed by atoms with van der Waals surface area (Å²) in [4.78, 5) is 5.12. The van der Waals surface area contributed by atoms with Gasteiger partial charge in [0.15, 0.2) is 4.98 Å². The molecule has 1 aromatic carbocycles. The second-order valence-corrected chi connectivity index (χ2v) is 2.97. The van der Waals surface area contributed by atoms with Gasteiger partial charge in [0, 0.05) is 45.3 Å². The van der Waals surface area contributed by atoms with Gasteiger partial charge in [-0.05, 0) is 18.6 Å². The number of hydrogen-bond acceptors (Lipinski definition) is 2. The Morgan fingerprint density at radius 2 is 1.73 bits per heavy atom. The molecular weight excluding hydrogens is 286 g/mol. The summed E-state index contributed by atoms with van der Waals surface area (Å²) in [5, 5.41) is 8.54. The SMILES string of the molecule is Cc1ccc([N+]#N)cc1N(C)C.[Cl-].[Cl-].[Zn]. The molecule has 0 atom stereocenters. The summed E-state index contributed by atoms with van der Waals surface area (Å²) in [7, 11) is 3.92. The minimum absolute atomic E-state index is 0. The van der Waals surface area contributed by atoms with Gasteiger partial charge in [-0.2, -0.15) is 0 Å². The molecule has 0 saturated carbocycles. The van der Waals surface area contributed by atoms with Crippen LogP contribution in [-0.2, 0) is 19.5 Å². The maximum absolute atomic E-state index is 8.54. The summed E-state index contributed by atoms with van der Waals surface area (Å²) in [6.45, 7) is 2.02. The average molecular weight is 299 g/mol. The Labute approximate surface area is 115 Å². The minimum Gasteiger partial charge on any atom is -1.00 e. The van der Waals surface area contributed by atoms with E-state index in [2.05, 4.69) is 4.98 Å². The summed E-state index contributed by atoms with van der Waals surface area (Å²) in [6.07, 6.45) is 0. The summed E-state index contributed by atoms with van der Waals surface area (Å²) in [6, 6.07) is 5.56. The summed E-state index contributed by atoms with van der Waals surface area (Å²) >= 11 is 0. The minimum atomic E-state index is 0. The molecule has 0 aliphatic rings. The molecule has 1 rings (SSSR count). The molecule has 0 aromatic heterocycles. The first-order valence-electron chi connectivity index (χ1n) is 3.78. The average Bonchev–Trinajstić information content (AvgIpc) is 2.05. The van der Waals surface area contributed by atoms with Gasteiger partial charge in [-0.25, -0.2) is 0 Å². The van der Waals surface area contributed by atoms with Crippen molar-refractivity contribution in [3.05, 3.63) is 28.7 Å². The van der Waals surface area contributed by atoms with E-state index in [4.69, 9.17) is 5.39 Å². The van der Waals surface area contributed by atoms with Crippen molar-refractivity contribution in [1.82, 2.24) is 0 Å². The van der Waals surface area contributed by atoms with Gasteiger partial charge >= 0.3 is 5.69 Å². The summed E-state index contributed by atoms with van der Waals surface area (Å²) < 4.78 is 0. The molecule has 15 heavy (non-hydrogen) atoms. The molecule has 0 unspecified atom stereocenters. The first kappa shape index (κ1) is 20.1. The zero-order chi connectivity index (χ0) is 9.14. The van der Waals surface area contributed by atoms with Crippen molar-refractivity contribution in [1.29, 1.82) is 5.39 Å². The molecular formula is C9H12Cl2N3Zn-. The van der Waals surface area contributed by atoms with Gasteiger partial charge in [-0.3, -0.25) is 0 Å². The van der Waals surface area contributed by atoms with E-state index in [1.165, 1.54) is 5.56 Å². The van der Waals surface area contributed by atoms with E-state index in [-0.39, 0.29) is 44.3 Å². The standard InChI is InChI=1S/C9H12N3.2ClH.Zn/c1-7-4-5-8(11-10)6-9(7)12(2)3;;;/h4-6H,1-3H3;2*1H;/q+1;;;/p-2. The Morgan fingerprint density at radius 3 is 2.13 bits per heavy atom. The van der Waals surface area contributed by atoms with Crippen LogP contribution in [0.25, 0.3) is 4.98 Å². The van der Waals surface area contributed by atoms with Crippen LogP contribution in [-0.4, -0.2) is 14.1 Å². The van der Waals surface area contributed by atoms with Gasteiger partial charge in [-0.15, -0.1) is 0 Å². The summed E-state index contributed by atoms with van der Waals surface area (Å²) in [5.74, 6) is 0. The second kappa shape index (κ2) is 8.91. The van der Waals surface area contributed by atoms with Gasteiger partial charge in [0.05, 0.1) is 6.07 Å². The Morgan fingerprint density at radius 1 is 1.20 bits per heavy atom. The molecule has 0 N–H and O–H groups in total. The third-order valence-electron chi connectivity index (χ3n) is 1.79. The predicted molar refractivity (Wildman–Crippen MR) is 50.3 cm³/mol. The first-order chi connectivity index (χ1) is 5.65. The number of nitrogens with zero attached hydrogens (tertiary/aromatic N) is 3. The van der Waals surface area contributed by atoms with Crippen LogP contribution in [0.4, 0.5) is 11.4 Å². The molecule has 0 fully saturated rings. The zero-order valence-corrected chi connectivity index (χ0v) is 13.5. The molecule has 3 nitrogen and oxygen atoms in total. The predicted octanol–water partition coefficient (Wildman–Crippen LogP) is -3.45. The van der Waals surface area contributed by atoms with Crippen LogP contribution < -0.4 is 29.7 Å². The smallest absolute Gasteiger partial charge is 0.387 e. The fourth-order valence-electron chi connectivity index (χ4n) is 1.14. The number of rotatable bonds is 1. The third-order valence-corrected chi connectivity index (χ3v) is 1.79. The van der Waals surface area contributed by atoms with E-state index < -0.39 is 0 Å². The van der Waals surface area contributed by atoms with Crippen molar-refractivity contribution in [3.8, 4) is 0 Å². The number of halogens is 2. The Bertz CT molecular complexity index is 337. The number of aryl methyl sites for hydroxylation is 1. The largest absolute Gasteiger partial charge is 1.00 e. The Hall–Kier alpha value is -0.357. The van der Waals surface area contributed by atoms with Crippen molar-refractivity contribution in [2.45, 2.75) is 6.92 Å². The van der Waals surface area contributed by atoms with Gasteiger partial charge in [0.25, 0.3) is 0 Å². The van der Waals surface area contributed by atoms with E-state index in [9.17, 15) is 0 Å². The molecule has 6 heteroatoms. The maximum atomic E-state index is 8.54. The number of diazo groups is 1. The van der Waals surface area contributed by atoms with Crippen molar-refractivity contribution in [3.63, 3.8) is 0 Å². The van der Waals surface area contributed by atoms with Crippen LogP contribution in [0.2, 0.25) is 0 Å². The van der Waals surface area contributed by atoms with Crippen LogP contribution in [0, 0.1) is 12.3 Å². The normalized spacial score (nSPS) is 7.33. The molecule has 1 aromatic rings. The van der Waals surface area contributed by atoms with Gasteiger partial charge in [-0.1, -0.05) is 0 Å². The first-order valence-corrected chi connectivity index (χ1v) is 3.78. The van der Waals surface area contributed by atoms with E-state index in [1.54, 1.807) is 6.07 Å². The van der Waals surface area contributed by atoms with Gasteiger partial charge < -0.3 is 29.7 Å². The van der Waals surface area contributed by atoms with E-state index >= 15 is 0 Å².